The molecule has 10 aromatic rings. The quantitative estimate of drug-likeness (QED) is 0.188. The fraction of sp³-hybridized carbons (Fsp3) is 0.0213. The van der Waals surface area contributed by atoms with E-state index in [1.54, 1.807) is 0 Å². The van der Waals surface area contributed by atoms with Crippen LogP contribution in [0.1, 0.15) is 22.9 Å². The lowest BCUT2D eigenvalue weighted by molar-refractivity contribution is 0.667. The van der Waals surface area contributed by atoms with Crippen LogP contribution in [0.25, 0.3) is 74.8 Å². The normalized spacial score (nSPS) is 14.7. The van der Waals surface area contributed by atoms with Crippen LogP contribution in [0.15, 0.2) is 178 Å². The molecule has 5 heteroatoms. The van der Waals surface area contributed by atoms with Crippen LogP contribution in [0.4, 0.5) is 0 Å². The number of nitrogens with zero attached hydrogens (tertiary/aromatic N) is 2. The van der Waals surface area contributed by atoms with Crippen molar-refractivity contribution in [2.24, 2.45) is 9.98 Å². The molecule has 0 fully saturated rings. The molecule has 1 unspecified atom stereocenters. The number of hydrogen-bond acceptors (Lipinski definition) is 5. The summed E-state index contributed by atoms with van der Waals surface area (Å²) in [5.74, 6) is 1.57. The average molecular weight is 684 g/mol. The number of fused-ring (bicyclic) bond motifs is 9. The van der Waals surface area contributed by atoms with Crippen LogP contribution in [-0.2, 0) is 0 Å². The van der Waals surface area contributed by atoms with E-state index >= 15 is 0 Å². The van der Waals surface area contributed by atoms with Crippen molar-refractivity contribution in [3.8, 4) is 11.1 Å². The second-order valence-corrected chi connectivity index (χ2v) is 14.3. The van der Waals surface area contributed by atoms with Gasteiger partial charge in [-0.2, -0.15) is 0 Å². The molecular weight excluding hydrogens is 655 g/mol. The van der Waals surface area contributed by atoms with E-state index in [1.165, 1.54) is 41.9 Å². The molecule has 0 saturated heterocycles. The first-order valence-electron chi connectivity index (χ1n) is 17.5. The molecule has 11 rings (SSSR count). The molecule has 244 valence electrons. The van der Waals surface area contributed by atoms with Crippen LogP contribution in [0.5, 0.6) is 0 Å². The summed E-state index contributed by atoms with van der Waals surface area (Å²) in [4.78, 5) is 11.0. The summed E-state index contributed by atoms with van der Waals surface area (Å²) in [6, 6.07) is 57.8. The summed E-state index contributed by atoms with van der Waals surface area (Å²) in [5, 5.41) is 13.1. The third-order valence-corrected chi connectivity index (χ3v) is 11.6. The van der Waals surface area contributed by atoms with Gasteiger partial charge in [-0.1, -0.05) is 140 Å². The highest BCUT2D eigenvalue weighted by molar-refractivity contribution is 7.26. The van der Waals surface area contributed by atoms with Crippen molar-refractivity contribution in [1.82, 2.24) is 5.32 Å². The van der Waals surface area contributed by atoms with Crippen molar-refractivity contribution < 1.29 is 4.42 Å². The van der Waals surface area contributed by atoms with Crippen molar-refractivity contribution in [2.75, 3.05) is 0 Å². The van der Waals surface area contributed by atoms with Gasteiger partial charge < -0.3 is 9.73 Å². The maximum atomic E-state index is 6.53. The van der Waals surface area contributed by atoms with Crippen LogP contribution >= 0.6 is 11.3 Å². The largest absolute Gasteiger partial charge is 0.456 e. The van der Waals surface area contributed by atoms with Crippen LogP contribution in [0.3, 0.4) is 0 Å². The number of nitrogens with one attached hydrogen (secondary N) is 1. The molecule has 1 N–H and O–H groups in total. The first-order chi connectivity index (χ1) is 25.8. The van der Waals surface area contributed by atoms with Crippen LogP contribution < -0.4 is 5.32 Å². The lowest BCUT2D eigenvalue weighted by Crippen LogP contribution is -2.36. The molecule has 8 aromatic carbocycles. The molecule has 0 saturated carbocycles. The average Bonchev–Trinajstić information content (AvgIpc) is 3.79. The van der Waals surface area contributed by atoms with Gasteiger partial charge in [-0.25, -0.2) is 9.98 Å². The second-order valence-electron chi connectivity index (χ2n) is 13.3. The monoisotopic (exact) mass is 683 g/mol. The van der Waals surface area contributed by atoms with E-state index in [-0.39, 0.29) is 0 Å². The highest BCUT2D eigenvalue weighted by Crippen LogP contribution is 2.46. The topological polar surface area (TPSA) is 49.9 Å². The number of thiophene rings is 1. The lowest BCUT2D eigenvalue weighted by Gasteiger charge is -2.25. The fourth-order valence-corrected chi connectivity index (χ4v) is 9.24. The number of aliphatic imine (C=N–C) groups is 2. The molecule has 4 nitrogen and oxygen atoms in total. The maximum absolute atomic E-state index is 6.53. The number of furan rings is 1. The molecule has 0 aliphatic carbocycles. The van der Waals surface area contributed by atoms with Gasteiger partial charge in [-0.15, -0.1) is 11.3 Å². The maximum Gasteiger partial charge on any atom is 0.171 e. The van der Waals surface area contributed by atoms with E-state index in [0.29, 0.717) is 0 Å². The van der Waals surface area contributed by atoms with Crippen molar-refractivity contribution in [3.05, 3.63) is 180 Å². The minimum atomic E-state index is -0.568. The van der Waals surface area contributed by atoms with E-state index in [0.717, 1.165) is 61.2 Å². The minimum Gasteiger partial charge on any atom is -0.456 e. The van der Waals surface area contributed by atoms with Gasteiger partial charge >= 0.3 is 0 Å². The van der Waals surface area contributed by atoms with Crippen molar-refractivity contribution in [2.45, 2.75) is 6.17 Å². The van der Waals surface area contributed by atoms with E-state index in [4.69, 9.17) is 14.4 Å². The fourth-order valence-electron chi connectivity index (χ4n) is 8.01. The molecule has 2 aromatic heterocycles. The van der Waals surface area contributed by atoms with Crippen molar-refractivity contribution in [3.63, 3.8) is 0 Å². The number of benzene rings is 8. The van der Waals surface area contributed by atoms with Gasteiger partial charge in [-0.3, -0.25) is 0 Å². The predicted molar refractivity (Wildman–Crippen MR) is 219 cm³/mol. The molecular formula is C47H29N3OS. The Hall–Kier alpha value is -6.56. The Kier molecular flexibility index (Phi) is 6.45. The van der Waals surface area contributed by atoms with Gasteiger partial charge in [0.1, 0.15) is 22.8 Å². The van der Waals surface area contributed by atoms with Crippen LogP contribution in [0, 0.1) is 0 Å². The molecule has 52 heavy (non-hydrogen) atoms. The van der Waals surface area contributed by atoms with E-state index in [2.05, 4.69) is 151 Å². The van der Waals surface area contributed by atoms with E-state index < -0.39 is 6.17 Å². The number of para-hydroxylation sites is 1. The van der Waals surface area contributed by atoms with Crippen LogP contribution in [0.2, 0.25) is 0 Å². The summed E-state index contributed by atoms with van der Waals surface area (Å²) in [6.45, 7) is 0. The lowest BCUT2D eigenvalue weighted by atomic mass is 9.92. The minimum absolute atomic E-state index is 0.568. The van der Waals surface area contributed by atoms with Crippen molar-refractivity contribution in [1.29, 1.82) is 0 Å². The summed E-state index contributed by atoms with van der Waals surface area (Å²) in [7, 11) is 0. The molecule has 1 atom stereocenters. The molecule has 0 radical (unpaired) electrons. The SMILES string of the molecule is c1ccc(C2=NC(c3c(-c4cccc5c4sc4ccccc45)ccc4oc5ccccc5c34)N=C(c3cc4ccccc4c4ccccc34)N2)cc1. The third kappa shape index (κ3) is 4.46. The Morgan fingerprint density at radius 2 is 1.17 bits per heavy atom. The molecule has 1 aliphatic heterocycles. The van der Waals surface area contributed by atoms with Gasteiger partial charge in [0.15, 0.2) is 6.17 Å². The van der Waals surface area contributed by atoms with Crippen molar-refractivity contribution >= 4 is 86.7 Å². The summed E-state index contributed by atoms with van der Waals surface area (Å²) in [5.41, 5.74) is 7.02. The summed E-state index contributed by atoms with van der Waals surface area (Å²) in [6.07, 6.45) is -0.568. The Bertz CT molecular complexity index is 3120. The highest BCUT2D eigenvalue weighted by Gasteiger charge is 2.28. The predicted octanol–water partition coefficient (Wildman–Crippen LogP) is 12.4. The van der Waals surface area contributed by atoms with Gasteiger partial charge in [-0.05, 0) is 56.9 Å². The Labute approximate surface area is 303 Å². The first-order valence-corrected chi connectivity index (χ1v) is 18.3. The smallest absolute Gasteiger partial charge is 0.171 e. The summed E-state index contributed by atoms with van der Waals surface area (Å²) >= 11 is 1.84. The zero-order chi connectivity index (χ0) is 34.2. The summed E-state index contributed by atoms with van der Waals surface area (Å²) < 4.78 is 9.06. The standard InChI is InChI=1S/C47H29N3OS/c1-2-13-28(14-3-1)45-48-46(38-27-29-15-4-5-16-30(29)31-17-6-7-18-32(31)38)50-47(49-45)43-34(25-26-40-42(43)37-20-8-10-23-39(37)51-40)36-22-12-21-35-33-19-9-11-24-41(33)52-44(35)36/h1-27,47H,(H,48,49,50). The molecule has 1 aliphatic rings. The molecule has 3 heterocycles. The Balaban J connectivity index is 1.24. The number of amidine groups is 2. The highest BCUT2D eigenvalue weighted by atomic mass is 32.1. The number of hydrogen-bond donors (Lipinski definition) is 1. The van der Waals surface area contributed by atoms with Crippen LogP contribution in [-0.4, -0.2) is 11.7 Å². The van der Waals surface area contributed by atoms with Gasteiger partial charge in [0.25, 0.3) is 0 Å². The second kappa shape index (κ2) is 11.5. The van der Waals surface area contributed by atoms with Gasteiger partial charge in [0.2, 0.25) is 0 Å². The van der Waals surface area contributed by atoms with E-state index in [1.807, 2.05) is 29.5 Å². The Morgan fingerprint density at radius 1 is 0.481 bits per heavy atom. The molecule has 0 spiro atoms. The third-order valence-electron chi connectivity index (χ3n) is 10.3. The Morgan fingerprint density at radius 3 is 2.06 bits per heavy atom. The zero-order valence-electron chi connectivity index (χ0n) is 27.9. The van der Waals surface area contributed by atoms with Gasteiger partial charge in [0.05, 0.1) is 0 Å². The zero-order valence-corrected chi connectivity index (χ0v) is 28.7. The van der Waals surface area contributed by atoms with E-state index in [9.17, 15) is 0 Å². The van der Waals surface area contributed by atoms with Gasteiger partial charge in [0, 0.05) is 47.6 Å². The molecule has 0 amide bonds. The molecule has 0 bridgehead atoms. The number of rotatable bonds is 4. The first kappa shape index (κ1) is 29.2.